The van der Waals surface area contributed by atoms with Gasteiger partial charge in [0.25, 0.3) is 0 Å². The van der Waals surface area contributed by atoms with Crippen molar-refractivity contribution in [2.45, 2.75) is 6.92 Å². The monoisotopic (exact) mass is 268 g/mol. The minimum Gasteiger partial charge on any atom is -0.493 e. The van der Waals surface area contributed by atoms with Gasteiger partial charge in [0.05, 0.1) is 25.6 Å². The van der Waals surface area contributed by atoms with Gasteiger partial charge >= 0.3 is 0 Å². The highest BCUT2D eigenvalue weighted by molar-refractivity contribution is 5.69. The van der Waals surface area contributed by atoms with Gasteiger partial charge in [0.1, 0.15) is 5.65 Å². The average Bonchev–Trinajstić information content (AvgIpc) is 2.82. The largest absolute Gasteiger partial charge is 0.493 e. The summed E-state index contributed by atoms with van der Waals surface area (Å²) in [5, 5.41) is 0. The fraction of sp³-hybridized carbons (Fsp3) is 0.188. The lowest BCUT2D eigenvalue weighted by atomic mass is 10.1. The second kappa shape index (κ2) is 4.89. The zero-order valence-electron chi connectivity index (χ0n) is 11.8. The van der Waals surface area contributed by atoms with E-state index in [2.05, 4.69) is 9.38 Å². The first-order chi connectivity index (χ1) is 9.74. The maximum Gasteiger partial charge on any atom is 0.161 e. The van der Waals surface area contributed by atoms with Crippen LogP contribution in [0.15, 0.2) is 42.6 Å². The number of methoxy groups -OCH3 is 2. The predicted molar refractivity (Wildman–Crippen MR) is 78.5 cm³/mol. The number of benzene rings is 1. The van der Waals surface area contributed by atoms with E-state index >= 15 is 0 Å². The molecule has 3 aromatic rings. The summed E-state index contributed by atoms with van der Waals surface area (Å²) in [5.74, 6) is 1.44. The van der Waals surface area contributed by atoms with Crippen molar-refractivity contribution in [3.63, 3.8) is 0 Å². The Kier molecular flexibility index (Phi) is 3.06. The first kappa shape index (κ1) is 12.5. The van der Waals surface area contributed by atoms with Crippen LogP contribution in [-0.4, -0.2) is 23.6 Å². The molecule has 0 spiro atoms. The van der Waals surface area contributed by atoms with Crippen LogP contribution in [0.1, 0.15) is 5.69 Å². The first-order valence-electron chi connectivity index (χ1n) is 6.40. The number of imidazole rings is 1. The molecule has 0 saturated carbocycles. The topological polar surface area (TPSA) is 35.8 Å². The molecule has 2 aromatic heterocycles. The smallest absolute Gasteiger partial charge is 0.161 e. The van der Waals surface area contributed by atoms with Crippen LogP contribution >= 0.6 is 0 Å². The zero-order valence-corrected chi connectivity index (χ0v) is 11.8. The average molecular weight is 268 g/mol. The molecule has 0 unspecified atom stereocenters. The number of aromatic nitrogens is 2. The Bertz CT molecular complexity index is 762. The van der Waals surface area contributed by atoms with Crippen molar-refractivity contribution >= 4 is 5.65 Å². The molecule has 0 radical (unpaired) electrons. The second-order valence-corrected chi connectivity index (χ2v) is 4.54. The van der Waals surface area contributed by atoms with Crippen molar-refractivity contribution in [2.75, 3.05) is 14.2 Å². The summed E-state index contributed by atoms with van der Waals surface area (Å²) in [6.07, 6.45) is 2.02. The van der Waals surface area contributed by atoms with Crippen LogP contribution < -0.4 is 9.47 Å². The number of fused-ring (bicyclic) bond motifs is 1. The highest BCUT2D eigenvalue weighted by Crippen LogP contribution is 2.33. The molecule has 0 N–H and O–H groups in total. The van der Waals surface area contributed by atoms with Crippen LogP contribution in [0.2, 0.25) is 0 Å². The number of aryl methyl sites for hydroxylation is 1. The van der Waals surface area contributed by atoms with Gasteiger partial charge in [0, 0.05) is 11.8 Å². The number of hydrogen-bond donors (Lipinski definition) is 0. The van der Waals surface area contributed by atoms with E-state index in [0.29, 0.717) is 0 Å². The maximum absolute atomic E-state index is 5.37. The van der Waals surface area contributed by atoms with Gasteiger partial charge in [-0.1, -0.05) is 6.07 Å². The highest BCUT2D eigenvalue weighted by atomic mass is 16.5. The van der Waals surface area contributed by atoms with Gasteiger partial charge in [0.15, 0.2) is 11.5 Å². The number of ether oxygens (including phenoxy) is 2. The third kappa shape index (κ3) is 1.90. The van der Waals surface area contributed by atoms with Crippen molar-refractivity contribution in [2.24, 2.45) is 0 Å². The molecule has 1 aromatic carbocycles. The Balaban J connectivity index is 2.23. The van der Waals surface area contributed by atoms with E-state index in [-0.39, 0.29) is 0 Å². The van der Waals surface area contributed by atoms with E-state index in [4.69, 9.17) is 9.47 Å². The van der Waals surface area contributed by atoms with Gasteiger partial charge in [-0.25, -0.2) is 4.98 Å². The van der Waals surface area contributed by atoms with Crippen LogP contribution in [0.25, 0.3) is 16.9 Å². The number of rotatable bonds is 3. The molecule has 2 heterocycles. The summed E-state index contributed by atoms with van der Waals surface area (Å²) in [7, 11) is 3.28. The van der Waals surface area contributed by atoms with Gasteiger partial charge in [0.2, 0.25) is 0 Å². The Morgan fingerprint density at radius 1 is 1.00 bits per heavy atom. The van der Waals surface area contributed by atoms with E-state index in [1.165, 1.54) is 0 Å². The van der Waals surface area contributed by atoms with Gasteiger partial charge in [-0.05, 0) is 37.3 Å². The van der Waals surface area contributed by atoms with E-state index in [1.807, 2.05) is 49.5 Å². The third-order valence-electron chi connectivity index (χ3n) is 3.36. The summed E-state index contributed by atoms with van der Waals surface area (Å²) < 4.78 is 12.7. The molecular weight excluding hydrogens is 252 g/mol. The first-order valence-corrected chi connectivity index (χ1v) is 6.40. The molecule has 3 rings (SSSR count). The van der Waals surface area contributed by atoms with Gasteiger partial charge in [-0.15, -0.1) is 0 Å². The number of pyridine rings is 1. The fourth-order valence-electron chi connectivity index (χ4n) is 2.44. The summed E-state index contributed by atoms with van der Waals surface area (Å²) in [6.45, 7) is 2.01. The summed E-state index contributed by atoms with van der Waals surface area (Å²) in [6, 6.07) is 11.9. The van der Waals surface area contributed by atoms with E-state index in [9.17, 15) is 0 Å². The Morgan fingerprint density at radius 2 is 1.80 bits per heavy atom. The SMILES string of the molecule is COc1ccc(-c2c(C)nc3ccccn23)cc1OC. The van der Waals surface area contributed by atoms with Crippen molar-refractivity contribution < 1.29 is 9.47 Å². The van der Waals surface area contributed by atoms with Gasteiger partial charge < -0.3 is 9.47 Å². The predicted octanol–water partition coefficient (Wildman–Crippen LogP) is 3.33. The minimum absolute atomic E-state index is 0.718. The summed E-state index contributed by atoms with van der Waals surface area (Å²) in [4.78, 5) is 4.58. The Labute approximate surface area is 117 Å². The van der Waals surface area contributed by atoms with Crippen LogP contribution in [0.4, 0.5) is 0 Å². The van der Waals surface area contributed by atoms with Crippen LogP contribution in [0, 0.1) is 6.92 Å². The van der Waals surface area contributed by atoms with Crippen molar-refractivity contribution in [3.05, 3.63) is 48.3 Å². The molecule has 20 heavy (non-hydrogen) atoms. The molecule has 0 aliphatic carbocycles. The maximum atomic E-state index is 5.37. The lowest BCUT2D eigenvalue weighted by molar-refractivity contribution is 0.355. The van der Waals surface area contributed by atoms with Crippen LogP contribution in [0.3, 0.4) is 0 Å². The number of nitrogens with zero attached hydrogens (tertiary/aromatic N) is 2. The third-order valence-corrected chi connectivity index (χ3v) is 3.36. The van der Waals surface area contributed by atoms with Crippen molar-refractivity contribution in [1.29, 1.82) is 0 Å². The molecule has 4 heteroatoms. The summed E-state index contributed by atoms with van der Waals surface area (Å²) >= 11 is 0. The molecule has 102 valence electrons. The van der Waals surface area contributed by atoms with Crippen molar-refractivity contribution in [3.8, 4) is 22.8 Å². The van der Waals surface area contributed by atoms with Crippen LogP contribution in [-0.2, 0) is 0 Å². The molecule has 4 nitrogen and oxygen atoms in total. The molecule has 0 amide bonds. The zero-order chi connectivity index (χ0) is 14.1. The lowest BCUT2D eigenvalue weighted by Crippen LogP contribution is -1.93. The van der Waals surface area contributed by atoms with E-state index in [1.54, 1.807) is 14.2 Å². The minimum atomic E-state index is 0.718. The standard InChI is InChI=1S/C16H16N2O2/c1-11-16(18-9-5-4-6-15(18)17-11)12-7-8-13(19-2)14(10-12)20-3/h4-10H,1-3H3. The molecule has 0 fully saturated rings. The second-order valence-electron chi connectivity index (χ2n) is 4.54. The molecule has 0 atom stereocenters. The van der Waals surface area contributed by atoms with Crippen molar-refractivity contribution in [1.82, 2.24) is 9.38 Å². The van der Waals surface area contributed by atoms with E-state index in [0.717, 1.165) is 34.1 Å². The fourth-order valence-corrected chi connectivity index (χ4v) is 2.44. The molecule has 0 saturated heterocycles. The van der Waals surface area contributed by atoms with Crippen LogP contribution in [0.5, 0.6) is 11.5 Å². The Morgan fingerprint density at radius 3 is 2.55 bits per heavy atom. The molecule has 0 aliphatic heterocycles. The highest BCUT2D eigenvalue weighted by Gasteiger charge is 2.13. The van der Waals surface area contributed by atoms with E-state index < -0.39 is 0 Å². The lowest BCUT2D eigenvalue weighted by Gasteiger charge is -2.10. The number of hydrogen-bond acceptors (Lipinski definition) is 3. The normalized spacial score (nSPS) is 10.8. The molecular formula is C16H16N2O2. The molecule has 0 aliphatic rings. The summed E-state index contributed by atoms with van der Waals surface area (Å²) in [5.41, 5.74) is 4.05. The quantitative estimate of drug-likeness (QED) is 0.731. The van der Waals surface area contributed by atoms with Gasteiger partial charge in [-0.3, -0.25) is 4.40 Å². The molecule has 0 bridgehead atoms. The Hall–Kier alpha value is -2.49. The van der Waals surface area contributed by atoms with Gasteiger partial charge in [-0.2, -0.15) is 0 Å².